The Kier molecular flexibility index (Phi) is 5.12. The number of benzene rings is 1. The topological polar surface area (TPSA) is 55.8 Å². The van der Waals surface area contributed by atoms with Gasteiger partial charge in [-0.2, -0.15) is 0 Å². The Hall–Kier alpha value is -1.69. The highest BCUT2D eigenvalue weighted by atomic mass is 32.2. The molecule has 0 aliphatic carbocycles. The molecular weight excluding hydrogens is 290 g/mol. The summed E-state index contributed by atoms with van der Waals surface area (Å²) in [6, 6.07) is 5.39. The summed E-state index contributed by atoms with van der Waals surface area (Å²) in [7, 11) is 3.17. The Morgan fingerprint density at radius 3 is 2.76 bits per heavy atom. The number of nitrogens with zero attached hydrogens (tertiary/aromatic N) is 1. The van der Waals surface area contributed by atoms with Gasteiger partial charge in [0.15, 0.2) is 5.12 Å². The standard InChI is InChI=1S/C15H19NO4S/c1-10(17)21-9-11-6-15(18)16(8-11)13-7-12(19-2)4-5-14(13)20-3/h4-5,7,11H,6,8-9H2,1-3H3. The summed E-state index contributed by atoms with van der Waals surface area (Å²) in [5.74, 6) is 2.23. The van der Waals surface area contributed by atoms with E-state index in [1.807, 2.05) is 0 Å². The fraction of sp³-hybridized carbons (Fsp3) is 0.467. The molecule has 114 valence electrons. The summed E-state index contributed by atoms with van der Waals surface area (Å²) in [5.41, 5.74) is 0.720. The van der Waals surface area contributed by atoms with E-state index in [1.54, 1.807) is 44.2 Å². The maximum absolute atomic E-state index is 12.2. The van der Waals surface area contributed by atoms with E-state index < -0.39 is 0 Å². The first-order valence-electron chi connectivity index (χ1n) is 6.71. The minimum absolute atomic E-state index is 0.0516. The van der Waals surface area contributed by atoms with Crippen LogP contribution >= 0.6 is 11.8 Å². The second kappa shape index (κ2) is 6.85. The average Bonchev–Trinajstić information content (AvgIpc) is 2.85. The lowest BCUT2D eigenvalue weighted by Gasteiger charge is -2.20. The van der Waals surface area contributed by atoms with Gasteiger partial charge in [0.25, 0.3) is 0 Å². The molecule has 1 fully saturated rings. The molecular formula is C15H19NO4S. The van der Waals surface area contributed by atoms with Crippen LogP contribution in [0.2, 0.25) is 0 Å². The third-order valence-corrected chi connectivity index (χ3v) is 4.45. The van der Waals surface area contributed by atoms with E-state index in [0.29, 0.717) is 30.2 Å². The van der Waals surface area contributed by atoms with Gasteiger partial charge in [-0.15, -0.1) is 0 Å². The Bertz CT molecular complexity index is 546. The number of rotatable bonds is 5. The van der Waals surface area contributed by atoms with Gasteiger partial charge in [0, 0.05) is 31.7 Å². The van der Waals surface area contributed by atoms with E-state index in [4.69, 9.17) is 9.47 Å². The van der Waals surface area contributed by atoms with Crippen LogP contribution < -0.4 is 14.4 Å². The Balaban J connectivity index is 2.17. The van der Waals surface area contributed by atoms with E-state index in [2.05, 4.69) is 0 Å². The van der Waals surface area contributed by atoms with Crippen molar-refractivity contribution in [1.82, 2.24) is 0 Å². The SMILES string of the molecule is COc1ccc(OC)c(N2CC(CSC(C)=O)CC2=O)c1. The van der Waals surface area contributed by atoms with Crippen molar-refractivity contribution in [3.63, 3.8) is 0 Å². The Labute approximate surface area is 128 Å². The number of carbonyl (C=O) groups is 2. The molecule has 1 aliphatic rings. The normalized spacial score (nSPS) is 18.0. The van der Waals surface area contributed by atoms with E-state index in [9.17, 15) is 9.59 Å². The lowest BCUT2D eigenvalue weighted by Crippen LogP contribution is -2.25. The van der Waals surface area contributed by atoms with Crippen molar-refractivity contribution in [3.8, 4) is 11.5 Å². The molecule has 2 rings (SSSR count). The van der Waals surface area contributed by atoms with Crippen molar-refractivity contribution >= 4 is 28.5 Å². The molecule has 0 bridgehead atoms. The van der Waals surface area contributed by atoms with Crippen LogP contribution in [-0.4, -0.2) is 37.5 Å². The van der Waals surface area contributed by atoms with Crippen molar-refractivity contribution in [2.45, 2.75) is 13.3 Å². The molecule has 21 heavy (non-hydrogen) atoms. The van der Waals surface area contributed by atoms with Crippen LogP contribution in [0.4, 0.5) is 5.69 Å². The molecule has 6 heteroatoms. The molecule has 0 saturated carbocycles. The maximum Gasteiger partial charge on any atom is 0.227 e. The van der Waals surface area contributed by atoms with Gasteiger partial charge in [-0.3, -0.25) is 9.59 Å². The third kappa shape index (κ3) is 3.69. The predicted octanol–water partition coefficient (Wildman–Crippen LogP) is 2.34. The van der Waals surface area contributed by atoms with Gasteiger partial charge in [-0.05, 0) is 18.1 Å². The van der Waals surface area contributed by atoms with Crippen LogP contribution in [-0.2, 0) is 9.59 Å². The summed E-state index contributed by atoms with van der Waals surface area (Å²) in [5, 5.41) is 0.0832. The van der Waals surface area contributed by atoms with Crippen LogP contribution in [0.15, 0.2) is 18.2 Å². The molecule has 0 spiro atoms. The molecule has 1 aliphatic heterocycles. The molecule has 1 atom stereocenters. The predicted molar refractivity (Wildman–Crippen MR) is 83.1 cm³/mol. The van der Waals surface area contributed by atoms with Crippen molar-refractivity contribution in [1.29, 1.82) is 0 Å². The van der Waals surface area contributed by atoms with Gasteiger partial charge in [0.2, 0.25) is 5.91 Å². The maximum atomic E-state index is 12.2. The monoisotopic (exact) mass is 309 g/mol. The zero-order chi connectivity index (χ0) is 15.4. The highest BCUT2D eigenvalue weighted by Crippen LogP contribution is 2.36. The summed E-state index contributed by atoms with van der Waals surface area (Å²) in [6.45, 7) is 2.15. The number of hydrogen-bond acceptors (Lipinski definition) is 5. The van der Waals surface area contributed by atoms with Crippen molar-refractivity contribution in [3.05, 3.63) is 18.2 Å². The minimum Gasteiger partial charge on any atom is -0.497 e. The second-order valence-electron chi connectivity index (χ2n) is 4.91. The van der Waals surface area contributed by atoms with Crippen molar-refractivity contribution in [2.24, 2.45) is 5.92 Å². The summed E-state index contributed by atoms with van der Waals surface area (Å²) in [6.07, 6.45) is 0.459. The summed E-state index contributed by atoms with van der Waals surface area (Å²) >= 11 is 1.27. The molecule has 0 aromatic heterocycles. The largest absolute Gasteiger partial charge is 0.497 e. The fourth-order valence-electron chi connectivity index (χ4n) is 2.37. The summed E-state index contributed by atoms with van der Waals surface area (Å²) < 4.78 is 10.5. The Morgan fingerprint density at radius 1 is 1.38 bits per heavy atom. The molecule has 0 radical (unpaired) electrons. The van der Waals surface area contributed by atoms with Gasteiger partial charge in [0.05, 0.1) is 19.9 Å². The molecule has 0 N–H and O–H groups in total. The van der Waals surface area contributed by atoms with Crippen LogP contribution in [0.25, 0.3) is 0 Å². The number of amides is 1. The average molecular weight is 309 g/mol. The van der Waals surface area contributed by atoms with Crippen LogP contribution in [0.1, 0.15) is 13.3 Å². The quantitative estimate of drug-likeness (QED) is 0.835. The van der Waals surface area contributed by atoms with Gasteiger partial charge >= 0.3 is 0 Å². The summed E-state index contributed by atoms with van der Waals surface area (Å²) in [4.78, 5) is 25.0. The number of hydrogen-bond donors (Lipinski definition) is 0. The second-order valence-corrected chi connectivity index (χ2v) is 6.11. The van der Waals surface area contributed by atoms with E-state index in [1.165, 1.54) is 11.8 Å². The molecule has 1 amide bonds. The van der Waals surface area contributed by atoms with Crippen molar-refractivity contribution < 1.29 is 19.1 Å². The lowest BCUT2D eigenvalue weighted by molar-refractivity contribution is -0.117. The van der Waals surface area contributed by atoms with Gasteiger partial charge < -0.3 is 14.4 Å². The number of ether oxygens (including phenoxy) is 2. The Morgan fingerprint density at radius 2 is 2.14 bits per heavy atom. The van der Waals surface area contributed by atoms with Crippen molar-refractivity contribution in [2.75, 3.05) is 31.4 Å². The lowest BCUT2D eigenvalue weighted by atomic mass is 10.1. The van der Waals surface area contributed by atoms with E-state index in [-0.39, 0.29) is 16.9 Å². The first-order valence-corrected chi connectivity index (χ1v) is 7.69. The zero-order valence-electron chi connectivity index (χ0n) is 12.4. The number of carbonyl (C=O) groups excluding carboxylic acids is 2. The van der Waals surface area contributed by atoms with Crippen LogP contribution in [0.5, 0.6) is 11.5 Å². The molecule has 5 nitrogen and oxygen atoms in total. The molecule has 1 aromatic carbocycles. The highest BCUT2D eigenvalue weighted by molar-refractivity contribution is 8.13. The smallest absolute Gasteiger partial charge is 0.227 e. The number of thioether (sulfide) groups is 1. The third-order valence-electron chi connectivity index (χ3n) is 3.40. The van der Waals surface area contributed by atoms with Gasteiger partial charge in [0.1, 0.15) is 11.5 Å². The molecule has 1 aromatic rings. The fourth-order valence-corrected chi connectivity index (χ4v) is 3.06. The van der Waals surface area contributed by atoms with Gasteiger partial charge in [-0.25, -0.2) is 0 Å². The molecule has 1 saturated heterocycles. The van der Waals surface area contributed by atoms with E-state index >= 15 is 0 Å². The minimum atomic E-state index is 0.0516. The first kappa shape index (κ1) is 15.7. The van der Waals surface area contributed by atoms with Crippen LogP contribution in [0, 0.1) is 5.92 Å². The van der Waals surface area contributed by atoms with Crippen LogP contribution in [0.3, 0.4) is 0 Å². The number of methoxy groups -OCH3 is 2. The molecule has 1 unspecified atom stereocenters. The number of anilines is 1. The zero-order valence-corrected chi connectivity index (χ0v) is 13.2. The highest BCUT2D eigenvalue weighted by Gasteiger charge is 2.32. The molecule has 1 heterocycles. The van der Waals surface area contributed by atoms with Gasteiger partial charge in [-0.1, -0.05) is 11.8 Å². The van der Waals surface area contributed by atoms with E-state index in [0.717, 1.165) is 5.69 Å². The first-order chi connectivity index (χ1) is 10.0.